The predicted molar refractivity (Wildman–Crippen MR) is 69.9 cm³/mol. The van der Waals surface area contributed by atoms with Crippen molar-refractivity contribution in [2.24, 2.45) is 7.05 Å². The monoisotopic (exact) mass is 313 g/mol. The highest BCUT2D eigenvalue weighted by Gasteiger charge is 2.12. The molecule has 0 aliphatic heterocycles. The molecule has 6 nitrogen and oxygen atoms in total. The number of rotatable bonds is 5. The van der Waals surface area contributed by atoms with Crippen molar-refractivity contribution < 1.29 is 4.52 Å². The van der Waals surface area contributed by atoms with Crippen molar-refractivity contribution in [1.29, 1.82) is 0 Å². The molecule has 0 spiro atoms. The lowest BCUT2D eigenvalue weighted by Crippen LogP contribution is -2.16. The molecule has 0 saturated carbocycles. The fourth-order valence-corrected chi connectivity index (χ4v) is 2.47. The molecule has 2 heterocycles. The van der Waals surface area contributed by atoms with E-state index in [9.17, 15) is 0 Å². The summed E-state index contributed by atoms with van der Waals surface area (Å²) in [5.74, 6) is 1.25. The van der Waals surface area contributed by atoms with Crippen molar-refractivity contribution in [1.82, 2.24) is 25.2 Å². The molecule has 2 aromatic rings. The lowest BCUT2D eigenvalue weighted by Gasteiger charge is -2.03. The maximum absolute atomic E-state index is 4.91. The van der Waals surface area contributed by atoms with E-state index in [2.05, 4.69) is 43.4 Å². The summed E-state index contributed by atoms with van der Waals surface area (Å²) in [5, 5.41) is 11.5. The number of hydrogen-bond donors (Lipinski definition) is 1. The van der Waals surface area contributed by atoms with Gasteiger partial charge in [-0.1, -0.05) is 12.1 Å². The van der Waals surface area contributed by atoms with Crippen molar-refractivity contribution in [3.8, 4) is 0 Å². The Kier molecular flexibility index (Phi) is 4.13. The summed E-state index contributed by atoms with van der Waals surface area (Å²) in [6.07, 6.45) is 0.915. The zero-order chi connectivity index (χ0) is 13.1. The number of halogens is 1. The van der Waals surface area contributed by atoms with Crippen molar-refractivity contribution in [2.45, 2.75) is 33.4 Å². The molecule has 0 saturated heterocycles. The van der Waals surface area contributed by atoms with Crippen molar-refractivity contribution in [3.63, 3.8) is 0 Å². The molecule has 2 aromatic heterocycles. The van der Waals surface area contributed by atoms with Crippen LogP contribution in [-0.2, 0) is 26.6 Å². The first-order valence-electron chi connectivity index (χ1n) is 5.82. The standard InChI is InChI=1S/C11H16BrN5O/c1-4-8-11(12)9(17(3)15-8)5-13-6-10-14-7(2)18-16-10/h13H,4-6H2,1-3H3. The van der Waals surface area contributed by atoms with E-state index >= 15 is 0 Å². The first kappa shape index (κ1) is 13.2. The van der Waals surface area contributed by atoms with E-state index < -0.39 is 0 Å². The van der Waals surface area contributed by atoms with Gasteiger partial charge in [0.15, 0.2) is 5.82 Å². The predicted octanol–water partition coefficient (Wildman–Crippen LogP) is 1.73. The van der Waals surface area contributed by atoms with Gasteiger partial charge in [0, 0.05) is 20.5 Å². The van der Waals surface area contributed by atoms with Crippen LogP contribution in [0, 0.1) is 6.92 Å². The molecular formula is C11H16BrN5O. The van der Waals surface area contributed by atoms with E-state index in [4.69, 9.17) is 4.52 Å². The number of hydrogen-bond acceptors (Lipinski definition) is 5. The minimum atomic E-state index is 0.580. The minimum absolute atomic E-state index is 0.580. The van der Waals surface area contributed by atoms with Gasteiger partial charge in [-0.25, -0.2) is 0 Å². The maximum Gasteiger partial charge on any atom is 0.223 e. The molecule has 0 bridgehead atoms. The van der Waals surface area contributed by atoms with Crippen LogP contribution >= 0.6 is 15.9 Å². The van der Waals surface area contributed by atoms with Gasteiger partial charge in [0.1, 0.15) is 0 Å². The van der Waals surface area contributed by atoms with Gasteiger partial charge in [-0.2, -0.15) is 10.1 Å². The van der Waals surface area contributed by atoms with Crippen LogP contribution in [0.3, 0.4) is 0 Å². The lowest BCUT2D eigenvalue weighted by molar-refractivity contribution is 0.385. The van der Waals surface area contributed by atoms with Crippen LogP contribution in [0.5, 0.6) is 0 Å². The lowest BCUT2D eigenvalue weighted by atomic mass is 10.3. The third-order valence-electron chi connectivity index (χ3n) is 2.65. The summed E-state index contributed by atoms with van der Waals surface area (Å²) >= 11 is 3.58. The molecule has 18 heavy (non-hydrogen) atoms. The second-order valence-electron chi connectivity index (χ2n) is 4.02. The van der Waals surface area contributed by atoms with Crippen LogP contribution in [0.15, 0.2) is 9.00 Å². The van der Waals surface area contributed by atoms with Crippen molar-refractivity contribution in [2.75, 3.05) is 0 Å². The average molecular weight is 314 g/mol. The molecule has 98 valence electrons. The number of nitrogens with zero attached hydrogens (tertiary/aromatic N) is 4. The van der Waals surface area contributed by atoms with E-state index in [1.165, 1.54) is 0 Å². The van der Waals surface area contributed by atoms with Crippen LogP contribution < -0.4 is 5.32 Å². The molecule has 0 unspecified atom stereocenters. The van der Waals surface area contributed by atoms with Crippen molar-refractivity contribution >= 4 is 15.9 Å². The summed E-state index contributed by atoms with van der Waals surface area (Å²) in [6.45, 7) is 5.15. The zero-order valence-corrected chi connectivity index (χ0v) is 12.3. The summed E-state index contributed by atoms with van der Waals surface area (Å²) in [6, 6.07) is 0. The van der Waals surface area contributed by atoms with E-state index in [0.717, 1.165) is 22.3 Å². The molecule has 1 N–H and O–H groups in total. The van der Waals surface area contributed by atoms with Gasteiger partial charge in [-0.15, -0.1) is 0 Å². The Balaban J connectivity index is 1.96. The van der Waals surface area contributed by atoms with Gasteiger partial charge < -0.3 is 9.84 Å². The highest BCUT2D eigenvalue weighted by atomic mass is 79.9. The summed E-state index contributed by atoms with van der Waals surface area (Å²) < 4.78 is 7.87. The van der Waals surface area contributed by atoms with Crippen LogP contribution in [0.1, 0.15) is 30.0 Å². The number of aromatic nitrogens is 4. The quantitative estimate of drug-likeness (QED) is 0.910. The fraction of sp³-hybridized carbons (Fsp3) is 0.545. The van der Waals surface area contributed by atoms with E-state index in [0.29, 0.717) is 24.8 Å². The largest absolute Gasteiger partial charge is 0.340 e. The Hall–Kier alpha value is -1.21. The molecule has 0 radical (unpaired) electrons. The van der Waals surface area contributed by atoms with Crippen LogP contribution in [-0.4, -0.2) is 19.9 Å². The minimum Gasteiger partial charge on any atom is -0.340 e. The third-order valence-corrected chi connectivity index (χ3v) is 3.56. The molecule has 0 aliphatic rings. The van der Waals surface area contributed by atoms with Gasteiger partial charge in [-0.3, -0.25) is 4.68 Å². The van der Waals surface area contributed by atoms with E-state index in [1.807, 2.05) is 11.7 Å². The Bertz CT molecular complexity index is 534. The molecule has 0 atom stereocenters. The molecule has 0 aliphatic carbocycles. The first-order valence-corrected chi connectivity index (χ1v) is 6.61. The zero-order valence-electron chi connectivity index (χ0n) is 10.7. The van der Waals surface area contributed by atoms with Crippen LogP contribution in [0.2, 0.25) is 0 Å². The number of nitrogens with one attached hydrogen (secondary N) is 1. The smallest absolute Gasteiger partial charge is 0.223 e. The van der Waals surface area contributed by atoms with Crippen LogP contribution in [0.25, 0.3) is 0 Å². The third kappa shape index (κ3) is 2.78. The summed E-state index contributed by atoms with van der Waals surface area (Å²) in [7, 11) is 1.94. The fourth-order valence-electron chi connectivity index (χ4n) is 1.72. The van der Waals surface area contributed by atoms with E-state index in [1.54, 1.807) is 6.92 Å². The molecule has 0 fully saturated rings. The maximum atomic E-state index is 4.91. The highest BCUT2D eigenvalue weighted by Crippen LogP contribution is 2.21. The Labute approximate surface area is 114 Å². The summed E-state index contributed by atoms with van der Waals surface area (Å²) in [4.78, 5) is 4.13. The SMILES string of the molecule is CCc1nn(C)c(CNCc2noc(C)n2)c1Br. The Morgan fingerprint density at radius 1 is 1.39 bits per heavy atom. The molecule has 0 amide bonds. The molecule has 0 aromatic carbocycles. The second kappa shape index (κ2) is 5.62. The van der Waals surface area contributed by atoms with E-state index in [-0.39, 0.29) is 0 Å². The van der Waals surface area contributed by atoms with Gasteiger partial charge in [-0.05, 0) is 22.4 Å². The topological polar surface area (TPSA) is 68.8 Å². The van der Waals surface area contributed by atoms with Gasteiger partial charge >= 0.3 is 0 Å². The van der Waals surface area contributed by atoms with Gasteiger partial charge in [0.25, 0.3) is 0 Å². The first-order chi connectivity index (χ1) is 8.61. The van der Waals surface area contributed by atoms with Gasteiger partial charge in [0.2, 0.25) is 5.89 Å². The van der Waals surface area contributed by atoms with Crippen molar-refractivity contribution in [3.05, 3.63) is 27.6 Å². The Morgan fingerprint density at radius 2 is 2.17 bits per heavy atom. The average Bonchev–Trinajstić information content (AvgIpc) is 2.86. The number of aryl methyl sites for hydroxylation is 3. The second-order valence-corrected chi connectivity index (χ2v) is 4.81. The van der Waals surface area contributed by atoms with Crippen LogP contribution in [0.4, 0.5) is 0 Å². The normalized spacial score (nSPS) is 11.1. The molecule has 7 heteroatoms. The summed E-state index contributed by atoms with van der Waals surface area (Å²) in [5.41, 5.74) is 2.19. The molecule has 2 rings (SSSR count). The van der Waals surface area contributed by atoms with Gasteiger partial charge in [0.05, 0.1) is 22.4 Å². The Morgan fingerprint density at radius 3 is 2.72 bits per heavy atom. The highest BCUT2D eigenvalue weighted by molar-refractivity contribution is 9.10. The molecular weight excluding hydrogens is 298 g/mol.